The molecule has 1 aliphatic heterocycles. The van der Waals surface area contributed by atoms with Gasteiger partial charge in [-0.25, -0.2) is 0 Å². The molecule has 4 rings (SSSR count). The van der Waals surface area contributed by atoms with Gasteiger partial charge in [-0.15, -0.1) is 0 Å². The number of hydrogen-bond donors (Lipinski definition) is 0. The molecule has 0 bridgehead atoms. The normalized spacial score (nSPS) is 17.1. The van der Waals surface area contributed by atoms with Crippen molar-refractivity contribution in [2.45, 2.75) is 26.2 Å². The van der Waals surface area contributed by atoms with Crippen molar-refractivity contribution in [3.63, 3.8) is 0 Å². The van der Waals surface area contributed by atoms with Crippen molar-refractivity contribution in [1.82, 2.24) is 10.1 Å². The van der Waals surface area contributed by atoms with E-state index in [9.17, 15) is 4.79 Å². The van der Waals surface area contributed by atoms with Crippen LogP contribution < -0.4 is 4.90 Å². The summed E-state index contributed by atoms with van der Waals surface area (Å²) in [6.07, 6.45) is 0.365. The Balaban J connectivity index is 1.58. The minimum atomic E-state index is -0.108. The average molecular weight is 368 g/mol. The summed E-state index contributed by atoms with van der Waals surface area (Å²) < 4.78 is 5.44. The summed E-state index contributed by atoms with van der Waals surface area (Å²) in [7, 11) is 0. The first-order valence-corrected chi connectivity index (χ1v) is 8.85. The second-order valence-electron chi connectivity index (χ2n) is 6.72. The molecule has 2 heterocycles. The van der Waals surface area contributed by atoms with Gasteiger partial charge in [0.2, 0.25) is 17.6 Å². The molecule has 2 aromatic carbocycles. The van der Waals surface area contributed by atoms with E-state index in [1.807, 2.05) is 38.1 Å². The minimum Gasteiger partial charge on any atom is -0.339 e. The minimum absolute atomic E-state index is 0.0718. The van der Waals surface area contributed by atoms with E-state index in [4.69, 9.17) is 16.1 Å². The van der Waals surface area contributed by atoms with Gasteiger partial charge >= 0.3 is 0 Å². The molecule has 0 unspecified atom stereocenters. The van der Waals surface area contributed by atoms with Gasteiger partial charge in [-0.1, -0.05) is 35.0 Å². The van der Waals surface area contributed by atoms with Crippen molar-refractivity contribution >= 4 is 23.2 Å². The Morgan fingerprint density at radius 1 is 1.15 bits per heavy atom. The fraction of sp³-hybridized carbons (Fsp3) is 0.250. The van der Waals surface area contributed by atoms with Crippen molar-refractivity contribution in [2.75, 3.05) is 11.4 Å². The molecular formula is C20H18ClN3O2. The number of benzene rings is 2. The van der Waals surface area contributed by atoms with Gasteiger partial charge in [-0.05, 0) is 49.2 Å². The SMILES string of the molecule is Cc1cc(C)cc(N2C[C@H](c3nc(-c4cccc(Cl)c4)no3)CC2=O)c1. The lowest BCUT2D eigenvalue weighted by atomic mass is 10.1. The van der Waals surface area contributed by atoms with Gasteiger partial charge in [0.1, 0.15) is 0 Å². The fourth-order valence-electron chi connectivity index (χ4n) is 3.37. The van der Waals surface area contributed by atoms with Crippen molar-refractivity contribution in [1.29, 1.82) is 0 Å². The first kappa shape index (κ1) is 16.8. The lowest BCUT2D eigenvalue weighted by Gasteiger charge is -2.17. The number of carbonyl (C=O) groups is 1. The van der Waals surface area contributed by atoms with Crippen LogP contribution in [0.5, 0.6) is 0 Å². The average Bonchev–Trinajstić information content (AvgIpc) is 3.20. The molecular weight excluding hydrogens is 350 g/mol. The quantitative estimate of drug-likeness (QED) is 0.682. The van der Waals surface area contributed by atoms with E-state index in [-0.39, 0.29) is 11.8 Å². The maximum absolute atomic E-state index is 12.5. The van der Waals surface area contributed by atoms with Crippen LogP contribution >= 0.6 is 11.6 Å². The van der Waals surface area contributed by atoms with Gasteiger partial charge in [-0.3, -0.25) is 4.79 Å². The third-order valence-corrected chi connectivity index (χ3v) is 4.75. The number of carbonyl (C=O) groups excluding carboxylic acids is 1. The Kier molecular flexibility index (Phi) is 4.24. The topological polar surface area (TPSA) is 59.2 Å². The molecule has 1 amide bonds. The summed E-state index contributed by atoms with van der Waals surface area (Å²) in [6, 6.07) is 13.5. The maximum Gasteiger partial charge on any atom is 0.232 e. The van der Waals surface area contributed by atoms with E-state index in [0.717, 1.165) is 22.4 Å². The summed E-state index contributed by atoms with van der Waals surface area (Å²) >= 11 is 6.02. The molecule has 0 saturated carbocycles. The van der Waals surface area contributed by atoms with Crippen molar-refractivity contribution in [3.8, 4) is 11.4 Å². The van der Waals surface area contributed by atoms with Crippen LogP contribution in [0.1, 0.15) is 29.4 Å². The van der Waals surface area contributed by atoms with E-state index in [0.29, 0.717) is 29.7 Å². The van der Waals surface area contributed by atoms with Crippen LogP contribution in [0, 0.1) is 13.8 Å². The Hall–Kier alpha value is -2.66. The number of nitrogens with zero attached hydrogens (tertiary/aromatic N) is 3. The molecule has 0 aliphatic carbocycles. The van der Waals surface area contributed by atoms with Crippen LogP contribution in [0.3, 0.4) is 0 Å². The number of halogens is 1. The molecule has 5 nitrogen and oxygen atoms in total. The molecule has 26 heavy (non-hydrogen) atoms. The van der Waals surface area contributed by atoms with E-state index < -0.39 is 0 Å². The molecule has 0 N–H and O–H groups in total. The first-order chi connectivity index (χ1) is 12.5. The Morgan fingerprint density at radius 2 is 1.92 bits per heavy atom. The zero-order valence-corrected chi connectivity index (χ0v) is 15.3. The molecule has 0 radical (unpaired) electrons. The molecule has 132 valence electrons. The van der Waals surface area contributed by atoms with Crippen LogP contribution in [0.25, 0.3) is 11.4 Å². The van der Waals surface area contributed by atoms with E-state index >= 15 is 0 Å². The molecule has 1 saturated heterocycles. The molecule has 1 aromatic heterocycles. The second kappa shape index (κ2) is 6.57. The highest BCUT2D eigenvalue weighted by atomic mass is 35.5. The number of amides is 1. The van der Waals surface area contributed by atoms with Crippen molar-refractivity contribution in [2.24, 2.45) is 0 Å². The molecule has 3 aromatic rings. The van der Waals surface area contributed by atoms with E-state index in [1.165, 1.54) is 0 Å². The molecule has 1 fully saturated rings. The monoisotopic (exact) mass is 367 g/mol. The lowest BCUT2D eigenvalue weighted by molar-refractivity contribution is -0.117. The summed E-state index contributed by atoms with van der Waals surface area (Å²) in [5.41, 5.74) is 3.99. The van der Waals surface area contributed by atoms with Gasteiger partial charge in [-0.2, -0.15) is 4.98 Å². The molecule has 6 heteroatoms. The smallest absolute Gasteiger partial charge is 0.232 e. The van der Waals surface area contributed by atoms with Crippen LogP contribution in [0.2, 0.25) is 5.02 Å². The van der Waals surface area contributed by atoms with E-state index in [2.05, 4.69) is 16.2 Å². The van der Waals surface area contributed by atoms with Gasteiger partial charge in [0.15, 0.2) is 0 Å². The first-order valence-electron chi connectivity index (χ1n) is 8.48. The highest BCUT2D eigenvalue weighted by Gasteiger charge is 2.35. The van der Waals surface area contributed by atoms with Crippen LogP contribution in [0.15, 0.2) is 47.0 Å². The fourth-order valence-corrected chi connectivity index (χ4v) is 3.57. The van der Waals surface area contributed by atoms with Crippen LogP contribution in [0.4, 0.5) is 5.69 Å². The molecule has 1 atom stereocenters. The third kappa shape index (κ3) is 3.22. The number of rotatable bonds is 3. The van der Waals surface area contributed by atoms with Crippen molar-refractivity contribution < 1.29 is 9.32 Å². The predicted molar refractivity (Wildman–Crippen MR) is 100 cm³/mol. The number of hydrogen-bond acceptors (Lipinski definition) is 4. The predicted octanol–water partition coefficient (Wildman–Crippen LogP) is 4.53. The standard InChI is InChI=1S/C20H18ClN3O2/c1-12-6-13(2)8-17(7-12)24-11-15(10-18(24)25)20-22-19(23-26-20)14-4-3-5-16(21)9-14/h3-9,15H,10-11H2,1-2H3/t15-/m1/s1. The highest BCUT2D eigenvalue weighted by molar-refractivity contribution is 6.30. The summed E-state index contributed by atoms with van der Waals surface area (Å²) in [6.45, 7) is 4.60. The Bertz CT molecular complexity index is 962. The third-order valence-electron chi connectivity index (χ3n) is 4.52. The van der Waals surface area contributed by atoms with Gasteiger partial charge in [0.25, 0.3) is 0 Å². The zero-order valence-electron chi connectivity index (χ0n) is 14.6. The zero-order chi connectivity index (χ0) is 18.3. The highest BCUT2D eigenvalue weighted by Crippen LogP contribution is 2.33. The Morgan fingerprint density at radius 3 is 2.65 bits per heavy atom. The summed E-state index contributed by atoms with van der Waals surface area (Å²) in [5, 5.41) is 4.67. The van der Waals surface area contributed by atoms with Crippen LogP contribution in [-0.2, 0) is 4.79 Å². The molecule has 0 spiro atoms. The molecule has 1 aliphatic rings. The Labute approximate surface area is 156 Å². The largest absolute Gasteiger partial charge is 0.339 e. The van der Waals surface area contributed by atoms with Gasteiger partial charge in [0, 0.05) is 29.2 Å². The lowest BCUT2D eigenvalue weighted by Crippen LogP contribution is -2.24. The van der Waals surface area contributed by atoms with Gasteiger partial charge < -0.3 is 9.42 Å². The number of aromatic nitrogens is 2. The summed E-state index contributed by atoms with van der Waals surface area (Å²) in [5.74, 6) is 0.936. The summed E-state index contributed by atoms with van der Waals surface area (Å²) in [4.78, 5) is 18.8. The number of aryl methyl sites for hydroxylation is 2. The van der Waals surface area contributed by atoms with Crippen molar-refractivity contribution in [3.05, 3.63) is 64.5 Å². The van der Waals surface area contributed by atoms with Gasteiger partial charge in [0.05, 0.1) is 5.92 Å². The second-order valence-corrected chi connectivity index (χ2v) is 7.15. The maximum atomic E-state index is 12.5. The van der Waals surface area contributed by atoms with Crippen LogP contribution in [-0.4, -0.2) is 22.6 Å². The number of anilines is 1. The van der Waals surface area contributed by atoms with E-state index in [1.54, 1.807) is 17.0 Å².